The van der Waals surface area contributed by atoms with E-state index in [1.165, 1.54) is 29.5 Å². The summed E-state index contributed by atoms with van der Waals surface area (Å²) in [4.78, 5) is 23.4. The molecule has 1 atom stereocenters. The summed E-state index contributed by atoms with van der Waals surface area (Å²) in [6.45, 7) is 5.71. The second kappa shape index (κ2) is 7.89. The maximum atomic E-state index is 13.3. The Morgan fingerprint density at radius 2 is 2.13 bits per heavy atom. The fourth-order valence-corrected chi connectivity index (χ4v) is 4.97. The van der Waals surface area contributed by atoms with Gasteiger partial charge in [0.05, 0.1) is 5.92 Å². The number of amides is 1. The van der Waals surface area contributed by atoms with Gasteiger partial charge in [-0.05, 0) is 62.1 Å². The lowest BCUT2D eigenvalue weighted by molar-refractivity contribution is 0.0696. The molecule has 2 aliphatic rings. The Balaban J connectivity index is 1.33. The highest BCUT2D eigenvalue weighted by Crippen LogP contribution is 2.31. The number of aryl methyl sites for hydroxylation is 2. The molecule has 1 unspecified atom stereocenters. The van der Waals surface area contributed by atoms with Crippen LogP contribution in [0.25, 0.3) is 10.9 Å². The highest BCUT2D eigenvalue weighted by Gasteiger charge is 2.29. The Kier molecular flexibility index (Phi) is 5.09. The van der Waals surface area contributed by atoms with E-state index in [2.05, 4.69) is 35.0 Å². The van der Waals surface area contributed by atoms with Crippen LogP contribution in [0.2, 0.25) is 0 Å². The normalized spacial score (nSPS) is 19.4. The van der Waals surface area contributed by atoms with Crippen molar-refractivity contribution in [3.63, 3.8) is 0 Å². The van der Waals surface area contributed by atoms with Gasteiger partial charge < -0.3 is 14.4 Å². The predicted octanol–water partition coefficient (Wildman–Crippen LogP) is 4.65. The van der Waals surface area contributed by atoms with Crippen molar-refractivity contribution in [2.45, 2.75) is 64.7 Å². The maximum absolute atomic E-state index is 13.3. The Hall–Kier alpha value is -2.63. The Morgan fingerprint density at radius 3 is 3.00 bits per heavy atom. The van der Waals surface area contributed by atoms with Gasteiger partial charge in [0.15, 0.2) is 5.82 Å². The van der Waals surface area contributed by atoms with Crippen LogP contribution in [0.5, 0.6) is 0 Å². The van der Waals surface area contributed by atoms with E-state index in [-0.39, 0.29) is 11.8 Å². The van der Waals surface area contributed by atoms with Crippen LogP contribution < -0.4 is 0 Å². The first-order chi connectivity index (χ1) is 14.6. The summed E-state index contributed by atoms with van der Waals surface area (Å²) in [6.07, 6.45) is 7.51. The van der Waals surface area contributed by atoms with Crippen LogP contribution in [0, 0.1) is 5.92 Å². The van der Waals surface area contributed by atoms with Gasteiger partial charge in [0.25, 0.3) is 5.91 Å². The topological polar surface area (TPSA) is 75.0 Å². The molecule has 1 fully saturated rings. The van der Waals surface area contributed by atoms with Gasteiger partial charge in [0.1, 0.15) is 0 Å². The summed E-state index contributed by atoms with van der Waals surface area (Å²) < 4.78 is 5.54. The van der Waals surface area contributed by atoms with Crippen molar-refractivity contribution in [3.05, 3.63) is 46.7 Å². The zero-order chi connectivity index (χ0) is 20.7. The zero-order valence-corrected chi connectivity index (χ0v) is 17.9. The largest absolute Gasteiger partial charge is 0.358 e. The molecule has 2 aromatic heterocycles. The molecular weight excluding hydrogens is 376 g/mol. The lowest BCUT2D eigenvalue weighted by Gasteiger charge is -2.31. The maximum Gasteiger partial charge on any atom is 0.253 e. The van der Waals surface area contributed by atoms with Crippen molar-refractivity contribution < 1.29 is 9.32 Å². The first-order valence-corrected chi connectivity index (χ1v) is 11.3. The minimum absolute atomic E-state index is 0.0936. The molecule has 3 heterocycles. The van der Waals surface area contributed by atoms with E-state index in [9.17, 15) is 4.79 Å². The number of rotatable bonds is 4. The number of nitrogens with zero attached hydrogens (tertiary/aromatic N) is 3. The van der Waals surface area contributed by atoms with Crippen LogP contribution >= 0.6 is 0 Å². The van der Waals surface area contributed by atoms with E-state index in [1.54, 1.807) is 0 Å². The van der Waals surface area contributed by atoms with Crippen LogP contribution in [0.1, 0.15) is 78.8 Å². The predicted molar refractivity (Wildman–Crippen MR) is 116 cm³/mol. The van der Waals surface area contributed by atoms with Gasteiger partial charge in [-0.25, -0.2) is 0 Å². The van der Waals surface area contributed by atoms with E-state index in [4.69, 9.17) is 4.52 Å². The van der Waals surface area contributed by atoms with Crippen molar-refractivity contribution in [2.24, 2.45) is 5.92 Å². The number of aromatic amines is 1. The molecule has 1 N–H and O–H groups in total. The van der Waals surface area contributed by atoms with E-state index < -0.39 is 0 Å². The number of nitrogens with one attached hydrogen (secondary N) is 1. The lowest BCUT2D eigenvalue weighted by atomic mass is 9.95. The highest BCUT2D eigenvalue weighted by atomic mass is 16.5. The van der Waals surface area contributed by atoms with E-state index >= 15 is 0 Å². The number of carbonyl (C=O) groups excluding carboxylic acids is 1. The van der Waals surface area contributed by atoms with Crippen LogP contribution in [0.15, 0.2) is 22.7 Å². The summed E-state index contributed by atoms with van der Waals surface area (Å²) in [5, 5.41) is 5.41. The second-order valence-corrected chi connectivity index (χ2v) is 9.29. The van der Waals surface area contributed by atoms with E-state index in [0.29, 0.717) is 18.4 Å². The van der Waals surface area contributed by atoms with Crippen LogP contribution in [0.3, 0.4) is 0 Å². The monoisotopic (exact) mass is 406 g/mol. The average Bonchev–Trinajstić information content (AvgIpc) is 3.36. The molecule has 0 spiro atoms. The third kappa shape index (κ3) is 3.64. The third-order valence-electron chi connectivity index (χ3n) is 6.48. The fraction of sp³-hybridized carbons (Fsp3) is 0.542. The first-order valence-electron chi connectivity index (χ1n) is 11.3. The summed E-state index contributed by atoms with van der Waals surface area (Å²) >= 11 is 0. The number of hydrogen-bond donors (Lipinski definition) is 1. The highest BCUT2D eigenvalue weighted by molar-refractivity contribution is 5.99. The van der Waals surface area contributed by atoms with Gasteiger partial charge >= 0.3 is 0 Å². The minimum Gasteiger partial charge on any atom is -0.358 e. The molecular formula is C24H30N4O2. The molecule has 1 amide bonds. The van der Waals surface area contributed by atoms with Gasteiger partial charge in [-0.15, -0.1) is 0 Å². The number of hydrogen-bond acceptors (Lipinski definition) is 4. The summed E-state index contributed by atoms with van der Waals surface area (Å²) in [7, 11) is 0. The van der Waals surface area contributed by atoms with E-state index in [1.807, 2.05) is 17.0 Å². The molecule has 158 valence electrons. The molecule has 1 aromatic carbocycles. The summed E-state index contributed by atoms with van der Waals surface area (Å²) in [5.74, 6) is 2.16. The van der Waals surface area contributed by atoms with Crippen molar-refractivity contribution in [3.8, 4) is 0 Å². The molecule has 6 heteroatoms. The molecule has 0 saturated carbocycles. The number of H-pyrrole nitrogens is 1. The third-order valence-corrected chi connectivity index (χ3v) is 6.48. The molecule has 1 aliphatic carbocycles. The summed E-state index contributed by atoms with van der Waals surface area (Å²) in [6, 6.07) is 6.15. The molecule has 3 aromatic rings. The van der Waals surface area contributed by atoms with Crippen molar-refractivity contribution in [1.29, 1.82) is 0 Å². The number of likely N-dealkylation sites (tertiary alicyclic amines) is 1. The zero-order valence-electron chi connectivity index (χ0n) is 17.9. The van der Waals surface area contributed by atoms with Gasteiger partial charge in [0, 0.05) is 41.7 Å². The number of benzene rings is 1. The van der Waals surface area contributed by atoms with Crippen molar-refractivity contribution in [2.75, 3.05) is 13.1 Å². The quantitative estimate of drug-likeness (QED) is 0.684. The first kappa shape index (κ1) is 19.3. The number of fused-ring (bicyclic) bond motifs is 3. The Bertz CT molecular complexity index is 1060. The lowest BCUT2D eigenvalue weighted by Crippen LogP contribution is -2.39. The summed E-state index contributed by atoms with van der Waals surface area (Å²) in [5.41, 5.74) is 4.65. The molecule has 1 saturated heterocycles. The van der Waals surface area contributed by atoms with Crippen LogP contribution in [-0.4, -0.2) is 39.0 Å². The van der Waals surface area contributed by atoms with Crippen LogP contribution in [-0.2, 0) is 19.3 Å². The van der Waals surface area contributed by atoms with Crippen molar-refractivity contribution in [1.82, 2.24) is 20.0 Å². The average molecular weight is 407 g/mol. The van der Waals surface area contributed by atoms with E-state index in [0.717, 1.165) is 55.6 Å². The Labute approximate surface area is 177 Å². The molecule has 0 bridgehead atoms. The molecule has 0 radical (unpaired) electrons. The smallest absolute Gasteiger partial charge is 0.253 e. The number of piperidine rings is 1. The standard InChI is InChI=1S/C24H30N4O2/c1-15(2)12-22-26-23(30-27-22)17-6-5-11-28(14-17)24(29)16-9-10-19-18-7-3-4-8-20(18)25-21(19)13-16/h9-10,13,15,17,25H,3-8,11-12,14H2,1-2H3. The Morgan fingerprint density at radius 1 is 1.27 bits per heavy atom. The number of aromatic nitrogens is 3. The number of carbonyl (C=O) groups is 1. The second-order valence-electron chi connectivity index (χ2n) is 9.29. The van der Waals surface area contributed by atoms with Gasteiger partial charge in [-0.1, -0.05) is 25.1 Å². The fourth-order valence-electron chi connectivity index (χ4n) is 4.97. The van der Waals surface area contributed by atoms with Crippen LogP contribution in [0.4, 0.5) is 0 Å². The minimum atomic E-state index is 0.0936. The molecule has 1 aliphatic heterocycles. The SMILES string of the molecule is CC(C)Cc1noc(C2CCCN(C(=O)c3ccc4c5c([nH]c4c3)CCCC5)C2)n1. The van der Waals surface area contributed by atoms with Gasteiger partial charge in [-0.3, -0.25) is 4.79 Å². The van der Waals surface area contributed by atoms with Gasteiger partial charge in [0.2, 0.25) is 5.89 Å². The molecule has 6 nitrogen and oxygen atoms in total. The molecule has 5 rings (SSSR count). The van der Waals surface area contributed by atoms with Gasteiger partial charge in [-0.2, -0.15) is 4.98 Å². The molecule has 30 heavy (non-hydrogen) atoms. The van der Waals surface area contributed by atoms with Crippen molar-refractivity contribution >= 4 is 16.8 Å².